The summed E-state index contributed by atoms with van der Waals surface area (Å²) >= 11 is -3.85. The van der Waals surface area contributed by atoms with Crippen LogP contribution in [0.1, 0.15) is 38.2 Å². The summed E-state index contributed by atoms with van der Waals surface area (Å²) < 4.78 is 39.5. The second-order valence-corrected chi connectivity index (χ2v) is 15.4. The number of rotatable bonds is 14. The van der Waals surface area contributed by atoms with Crippen LogP contribution in [0.5, 0.6) is 0 Å². The number of hydrogen-bond donors (Lipinski definition) is 4. The zero-order valence-electron chi connectivity index (χ0n) is 25.9. The Labute approximate surface area is 273 Å². The molecule has 4 heterocycles. The molecule has 0 amide bonds. The van der Waals surface area contributed by atoms with Crippen molar-refractivity contribution in [1.29, 1.82) is 5.26 Å². The molecule has 1 aliphatic carbocycles. The van der Waals surface area contributed by atoms with E-state index in [1.54, 1.807) is 7.05 Å². The highest BCUT2D eigenvalue weighted by Crippen LogP contribution is 2.57. The van der Waals surface area contributed by atoms with E-state index in [1.165, 1.54) is 23.0 Å². The first-order valence-electron chi connectivity index (χ1n) is 15.7. The molecule has 5 unspecified atom stereocenters. The average molecular weight is 684 g/mol. The molecule has 0 spiro atoms. The topological polar surface area (TPSA) is 118 Å². The predicted octanol–water partition coefficient (Wildman–Crippen LogP) is 5.40. The van der Waals surface area contributed by atoms with Gasteiger partial charge in [0.15, 0.2) is 0 Å². The Kier molecular flexibility index (Phi) is 11.6. The van der Waals surface area contributed by atoms with Crippen LogP contribution in [0.15, 0.2) is 40.2 Å². The number of thioether (sulfide) groups is 1. The van der Waals surface area contributed by atoms with Gasteiger partial charge in [0, 0.05) is 61.7 Å². The highest BCUT2D eigenvalue weighted by atomic mass is 32.3. The van der Waals surface area contributed by atoms with Crippen LogP contribution in [-0.4, -0.2) is 83.1 Å². The molecule has 1 aromatic heterocycles. The fraction of sp³-hybridized carbons (Fsp3) is 0.633. The van der Waals surface area contributed by atoms with Crippen LogP contribution in [0.3, 0.4) is 0 Å². The van der Waals surface area contributed by atoms with Gasteiger partial charge >= 0.3 is 0 Å². The zero-order valence-corrected chi connectivity index (χ0v) is 28.7. The maximum atomic E-state index is 13.2. The molecule has 15 heteroatoms. The molecule has 0 saturated carbocycles. The van der Waals surface area contributed by atoms with Crippen LogP contribution >= 0.6 is 32.3 Å². The number of piperidine rings is 1. The van der Waals surface area contributed by atoms with Gasteiger partial charge in [0.25, 0.3) is 0 Å². The summed E-state index contributed by atoms with van der Waals surface area (Å²) in [6, 6.07) is 2.62. The summed E-state index contributed by atoms with van der Waals surface area (Å²) in [5.74, 6) is 1.26. The standard InChI is InChI=1S/C30H45F3N9PS2/c1-19-21(3-4-27-25(19)13-23(16-35)42(27)12-6-20(15-34)5-9-37-43)17-41-10-7-22(8-11-41)38-28-26-14-24(18-45(31,32)33)44-29(26)40-30(36-2)39-28/h3-4,13,19-20,22,24-25,37H,5-12,14-15,17-18,34,43H2,1-2H3,(H2,36,38,39,40). The maximum Gasteiger partial charge on any atom is 0.225 e. The molecular formula is C30H45F3N9PS2. The molecule has 45 heavy (non-hydrogen) atoms. The normalized spacial score (nSPS) is 24.7. The monoisotopic (exact) mass is 683 g/mol. The molecule has 3 aliphatic heterocycles. The van der Waals surface area contributed by atoms with Gasteiger partial charge in [0.1, 0.15) is 22.6 Å². The zero-order chi connectivity index (χ0) is 32.1. The first kappa shape index (κ1) is 34.3. The number of likely N-dealkylation sites (tertiary alicyclic amines) is 1. The van der Waals surface area contributed by atoms with E-state index in [4.69, 9.17) is 5.73 Å². The lowest BCUT2D eigenvalue weighted by molar-refractivity contribution is 0.227. The van der Waals surface area contributed by atoms with E-state index < -0.39 is 22.2 Å². The molecule has 1 aromatic rings. The molecule has 0 bridgehead atoms. The second-order valence-electron chi connectivity index (χ2n) is 12.3. The number of halogens is 3. The quantitative estimate of drug-likeness (QED) is 0.150. The highest BCUT2D eigenvalue weighted by Gasteiger charge is 2.37. The molecule has 248 valence electrons. The van der Waals surface area contributed by atoms with Crippen molar-refractivity contribution in [3.05, 3.63) is 40.8 Å². The number of allylic oxidation sites excluding steroid dienone is 4. The van der Waals surface area contributed by atoms with E-state index >= 15 is 0 Å². The van der Waals surface area contributed by atoms with Crippen molar-refractivity contribution >= 4 is 44.1 Å². The SMILES string of the molecule is CNc1nc(NC2CCN(CC3=CC=C4C(C=C(C#N)N4CCC(CN)CCNP)C3C)CC2)c2c(n1)SC(CS(F)(F)F)C2. The van der Waals surface area contributed by atoms with E-state index in [2.05, 4.69) is 76.1 Å². The van der Waals surface area contributed by atoms with Gasteiger partial charge in [-0.25, -0.2) is 4.98 Å². The van der Waals surface area contributed by atoms with Gasteiger partial charge in [-0.2, -0.15) is 10.2 Å². The highest BCUT2D eigenvalue weighted by molar-refractivity contribution is 8.21. The maximum absolute atomic E-state index is 13.2. The van der Waals surface area contributed by atoms with Gasteiger partial charge in [-0.05, 0) is 69.2 Å². The van der Waals surface area contributed by atoms with Gasteiger partial charge in [-0.15, -0.1) is 23.4 Å². The van der Waals surface area contributed by atoms with Crippen molar-refractivity contribution in [2.45, 2.75) is 55.3 Å². The third kappa shape index (κ3) is 8.48. The first-order chi connectivity index (χ1) is 21.6. The molecule has 9 nitrogen and oxygen atoms in total. The average Bonchev–Trinajstić information content (AvgIpc) is 3.59. The number of anilines is 2. The summed E-state index contributed by atoms with van der Waals surface area (Å²) in [5, 5.41) is 19.7. The lowest BCUT2D eigenvalue weighted by atomic mass is 9.81. The molecule has 5 atom stereocenters. The van der Waals surface area contributed by atoms with Crippen molar-refractivity contribution in [3.8, 4) is 6.07 Å². The van der Waals surface area contributed by atoms with Crippen LogP contribution in [0.25, 0.3) is 0 Å². The molecule has 0 radical (unpaired) electrons. The van der Waals surface area contributed by atoms with Crippen LogP contribution < -0.4 is 21.5 Å². The van der Waals surface area contributed by atoms with Gasteiger partial charge in [0.05, 0.1) is 5.75 Å². The molecule has 4 aliphatic rings. The van der Waals surface area contributed by atoms with E-state index in [0.717, 1.165) is 69.7 Å². The fourth-order valence-corrected chi connectivity index (χ4v) is 9.23. The van der Waals surface area contributed by atoms with E-state index in [-0.39, 0.29) is 12.0 Å². The lowest BCUT2D eigenvalue weighted by Crippen LogP contribution is -2.41. The summed E-state index contributed by atoms with van der Waals surface area (Å²) in [5.41, 5.74) is 10.2. The van der Waals surface area contributed by atoms with E-state index in [9.17, 15) is 16.9 Å². The van der Waals surface area contributed by atoms with Crippen LogP contribution in [0.2, 0.25) is 0 Å². The van der Waals surface area contributed by atoms with E-state index in [0.29, 0.717) is 41.6 Å². The Morgan fingerprint density at radius 1 is 1.22 bits per heavy atom. The van der Waals surface area contributed by atoms with Gasteiger partial charge < -0.3 is 26.4 Å². The number of nitriles is 1. The summed E-state index contributed by atoms with van der Waals surface area (Å²) in [4.78, 5) is 13.7. The van der Waals surface area contributed by atoms with Crippen molar-refractivity contribution in [2.24, 2.45) is 23.5 Å². The van der Waals surface area contributed by atoms with Crippen molar-refractivity contribution in [3.63, 3.8) is 0 Å². The Balaban J connectivity index is 1.17. The minimum atomic E-state index is -5.07. The summed E-state index contributed by atoms with van der Waals surface area (Å²) in [6.45, 7) is 7.32. The van der Waals surface area contributed by atoms with Crippen molar-refractivity contribution in [1.82, 2.24) is 24.9 Å². The number of nitrogens with one attached hydrogen (secondary N) is 3. The molecule has 1 fully saturated rings. The van der Waals surface area contributed by atoms with Crippen molar-refractivity contribution < 1.29 is 11.7 Å². The Morgan fingerprint density at radius 3 is 2.67 bits per heavy atom. The summed E-state index contributed by atoms with van der Waals surface area (Å²) in [7, 11) is 4.26. The Bertz CT molecular complexity index is 1340. The first-order valence-corrected chi connectivity index (χ1v) is 18.7. The third-order valence-corrected chi connectivity index (χ3v) is 11.9. The fourth-order valence-electron chi connectivity index (χ4n) is 6.76. The predicted molar refractivity (Wildman–Crippen MR) is 183 cm³/mol. The third-order valence-electron chi connectivity index (χ3n) is 9.39. The molecule has 5 rings (SSSR count). The Hall–Kier alpha value is -2.01. The number of hydrogen-bond acceptors (Lipinski definition) is 10. The van der Waals surface area contributed by atoms with Gasteiger partial charge in [0.2, 0.25) is 17.1 Å². The minimum absolute atomic E-state index is 0.195. The minimum Gasteiger partial charge on any atom is -0.367 e. The Morgan fingerprint density at radius 2 is 2.00 bits per heavy atom. The number of nitrogens with zero attached hydrogens (tertiary/aromatic N) is 5. The second kappa shape index (κ2) is 15.3. The molecule has 1 saturated heterocycles. The summed E-state index contributed by atoms with van der Waals surface area (Å²) in [6.07, 6.45) is 10.7. The molecule has 5 N–H and O–H groups in total. The smallest absolute Gasteiger partial charge is 0.225 e. The van der Waals surface area contributed by atoms with Gasteiger partial charge in [-0.3, -0.25) is 4.90 Å². The number of fused-ring (bicyclic) bond motifs is 2. The lowest BCUT2D eigenvalue weighted by Gasteiger charge is -2.36. The number of nitrogens with two attached hydrogens (primary N) is 1. The van der Waals surface area contributed by atoms with Crippen molar-refractivity contribution in [2.75, 3.05) is 62.7 Å². The molecular weight excluding hydrogens is 638 g/mol. The van der Waals surface area contributed by atoms with Crippen LogP contribution in [-0.2, 0) is 6.42 Å². The van der Waals surface area contributed by atoms with E-state index in [1.807, 2.05) is 0 Å². The number of aromatic nitrogens is 2. The van der Waals surface area contributed by atoms with Crippen LogP contribution in [0, 0.1) is 29.1 Å². The largest absolute Gasteiger partial charge is 0.367 e. The van der Waals surface area contributed by atoms with Crippen LogP contribution in [0.4, 0.5) is 23.4 Å². The van der Waals surface area contributed by atoms with Gasteiger partial charge in [-0.1, -0.05) is 28.0 Å². The molecule has 0 aromatic carbocycles.